The molecule has 8 heteroatoms. The van der Waals surface area contributed by atoms with Gasteiger partial charge in [0, 0.05) is 18.6 Å². The summed E-state index contributed by atoms with van der Waals surface area (Å²) in [5.74, 6) is 0. The van der Waals surface area contributed by atoms with Gasteiger partial charge in [0.25, 0.3) is 5.69 Å². The van der Waals surface area contributed by atoms with Crippen LogP contribution in [0.15, 0.2) is 54.6 Å². The van der Waals surface area contributed by atoms with E-state index in [-0.39, 0.29) is 18.7 Å². The van der Waals surface area contributed by atoms with Crippen LogP contribution < -0.4 is 0 Å². The first-order chi connectivity index (χ1) is 12.6. The van der Waals surface area contributed by atoms with Crippen LogP contribution in [0, 0.1) is 10.1 Å². The highest BCUT2D eigenvalue weighted by molar-refractivity contribution is 5.68. The van der Waals surface area contributed by atoms with Crippen molar-refractivity contribution in [2.45, 2.75) is 19.1 Å². The van der Waals surface area contributed by atoms with Crippen molar-refractivity contribution in [2.75, 3.05) is 7.11 Å². The van der Waals surface area contributed by atoms with Crippen LogP contribution in [0.5, 0.6) is 0 Å². The molecule has 136 valence electrons. The number of amides is 1. The van der Waals surface area contributed by atoms with Gasteiger partial charge >= 0.3 is 6.09 Å². The number of carbonyl (C=O) groups excluding carboxylic acids is 2. The summed E-state index contributed by atoms with van der Waals surface area (Å²) in [5.41, 5.74) is 1.23. The van der Waals surface area contributed by atoms with E-state index in [1.54, 1.807) is 0 Å². The zero-order chi connectivity index (χ0) is 18.9. The molecular formula is C18H18N2O6. The lowest BCUT2D eigenvalue weighted by molar-refractivity contribution is -0.384. The Kier molecular flexibility index (Phi) is 6.81. The molecule has 0 heterocycles. The monoisotopic (exact) mass is 358 g/mol. The molecule has 0 spiro atoms. The average molecular weight is 358 g/mol. The number of ether oxygens (including phenoxy) is 1. The van der Waals surface area contributed by atoms with Gasteiger partial charge in [-0.3, -0.25) is 15.0 Å². The number of carbonyl (C=O) groups is 2. The van der Waals surface area contributed by atoms with E-state index in [4.69, 9.17) is 9.57 Å². The number of benzene rings is 2. The largest absolute Gasteiger partial charge is 0.443 e. The predicted octanol–water partition coefficient (Wildman–Crippen LogP) is 3.43. The second kappa shape index (κ2) is 9.28. The van der Waals surface area contributed by atoms with Crippen molar-refractivity contribution in [1.82, 2.24) is 5.06 Å². The van der Waals surface area contributed by atoms with Crippen molar-refractivity contribution in [3.8, 4) is 0 Å². The number of rotatable bonds is 8. The van der Waals surface area contributed by atoms with Crippen molar-refractivity contribution < 1.29 is 24.1 Å². The molecule has 0 fully saturated rings. The van der Waals surface area contributed by atoms with Crippen LogP contribution in [-0.2, 0) is 21.0 Å². The van der Waals surface area contributed by atoms with Crippen LogP contribution >= 0.6 is 0 Å². The Morgan fingerprint density at radius 1 is 1.19 bits per heavy atom. The molecule has 0 saturated carbocycles. The smallest absolute Gasteiger partial charge is 0.434 e. The molecule has 0 aliphatic rings. The van der Waals surface area contributed by atoms with E-state index in [1.165, 1.54) is 31.4 Å². The van der Waals surface area contributed by atoms with Gasteiger partial charge in [0.15, 0.2) is 0 Å². The van der Waals surface area contributed by atoms with E-state index in [9.17, 15) is 19.7 Å². The van der Waals surface area contributed by atoms with Gasteiger partial charge < -0.3 is 9.53 Å². The summed E-state index contributed by atoms with van der Waals surface area (Å²) in [5, 5.41) is 11.7. The molecule has 0 aliphatic carbocycles. The molecule has 0 bridgehead atoms. The summed E-state index contributed by atoms with van der Waals surface area (Å²) < 4.78 is 5.23. The van der Waals surface area contributed by atoms with E-state index in [0.29, 0.717) is 11.8 Å². The molecule has 26 heavy (non-hydrogen) atoms. The zero-order valence-corrected chi connectivity index (χ0v) is 14.1. The molecule has 0 radical (unpaired) electrons. The first-order valence-corrected chi connectivity index (χ1v) is 7.78. The number of nitro groups is 1. The fraction of sp³-hybridized carbons (Fsp3) is 0.222. The number of non-ortho nitro benzene ring substituents is 1. The maximum Gasteiger partial charge on any atom is 0.434 e. The minimum absolute atomic E-state index is 0.0492. The van der Waals surface area contributed by atoms with E-state index >= 15 is 0 Å². The number of nitrogens with zero attached hydrogens (tertiary/aromatic N) is 2. The van der Waals surface area contributed by atoms with Crippen LogP contribution in [0.1, 0.15) is 23.6 Å². The molecule has 2 aromatic carbocycles. The summed E-state index contributed by atoms with van der Waals surface area (Å²) in [6, 6.07) is 13.9. The maximum absolute atomic E-state index is 12.4. The molecule has 0 aliphatic heterocycles. The summed E-state index contributed by atoms with van der Waals surface area (Å²) in [6.07, 6.45) is -0.171. The van der Waals surface area contributed by atoms with E-state index in [2.05, 4.69) is 0 Å². The van der Waals surface area contributed by atoms with Crippen molar-refractivity contribution in [1.29, 1.82) is 0 Å². The van der Waals surface area contributed by atoms with Gasteiger partial charge in [-0.2, -0.15) is 5.06 Å². The van der Waals surface area contributed by atoms with E-state index in [0.717, 1.165) is 10.6 Å². The highest BCUT2D eigenvalue weighted by Crippen LogP contribution is 2.26. The summed E-state index contributed by atoms with van der Waals surface area (Å²) >= 11 is 0. The van der Waals surface area contributed by atoms with Crippen LogP contribution in [0.3, 0.4) is 0 Å². The molecule has 2 rings (SSSR count). The van der Waals surface area contributed by atoms with Gasteiger partial charge in [-0.25, -0.2) is 4.79 Å². The summed E-state index contributed by atoms with van der Waals surface area (Å²) in [4.78, 5) is 38.8. The highest BCUT2D eigenvalue weighted by Gasteiger charge is 2.27. The van der Waals surface area contributed by atoms with Crippen molar-refractivity contribution in [3.05, 3.63) is 75.8 Å². The van der Waals surface area contributed by atoms with Crippen molar-refractivity contribution in [2.24, 2.45) is 0 Å². The minimum Gasteiger partial charge on any atom is -0.443 e. The molecule has 1 amide bonds. The Morgan fingerprint density at radius 3 is 2.38 bits per heavy atom. The molecule has 0 unspecified atom stereocenters. The Labute approximate surface area is 150 Å². The molecule has 8 nitrogen and oxygen atoms in total. The Hall–Kier alpha value is -3.26. The van der Waals surface area contributed by atoms with Crippen LogP contribution in [0.2, 0.25) is 0 Å². The lowest BCUT2D eigenvalue weighted by Crippen LogP contribution is -2.34. The normalized spacial score (nSPS) is 11.4. The lowest BCUT2D eigenvalue weighted by Gasteiger charge is -2.27. The van der Waals surface area contributed by atoms with Crippen LogP contribution in [0.4, 0.5) is 10.5 Å². The van der Waals surface area contributed by atoms with Crippen LogP contribution in [0.25, 0.3) is 0 Å². The Morgan fingerprint density at radius 2 is 1.85 bits per heavy atom. The number of nitro benzene ring substituents is 1. The predicted molar refractivity (Wildman–Crippen MR) is 92.0 cm³/mol. The first kappa shape index (κ1) is 19.1. The van der Waals surface area contributed by atoms with E-state index < -0.39 is 17.1 Å². The minimum atomic E-state index is -0.762. The van der Waals surface area contributed by atoms with Gasteiger partial charge in [-0.15, -0.1) is 0 Å². The SMILES string of the molecule is CON(C(=O)OCc1ccccc1)[C@@H](CC=O)c1ccc([N+](=O)[O-])cc1. The molecule has 0 saturated heterocycles. The zero-order valence-electron chi connectivity index (χ0n) is 14.1. The number of aldehydes is 1. The Bertz CT molecular complexity index is 748. The van der Waals surface area contributed by atoms with Gasteiger partial charge in [0.05, 0.1) is 18.1 Å². The fourth-order valence-corrected chi connectivity index (χ4v) is 2.39. The quantitative estimate of drug-likeness (QED) is 0.407. The fourth-order valence-electron chi connectivity index (χ4n) is 2.39. The van der Waals surface area contributed by atoms with Crippen molar-refractivity contribution in [3.63, 3.8) is 0 Å². The van der Waals surface area contributed by atoms with Gasteiger partial charge in [0.1, 0.15) is 12.9 Å². The molecular weight excluding hydrogens is 340 g/mol. The van der Waals surface area contributed by atoms with Gasteiger partial charge in [-0.1, -0.05) is 42.5 Å². The molecule has 0 N–H and O–H groups in total. The standard InChI is InChI=1S/C18H18N2O6/c1-25-19(18(22)26-13-14-5-3-2-4-6-14)17(11-12-21)15-7-9-16(10-8-15)20(23)24/h2-10,12,17H,11,13H2,1H3/t17-/m0/s1. The second-order valence-electron chi connectivity index (χ2n) is 5.32. The highest BCUT2D eigenvalue weighted by atomic mass is 16.7. The molecule has 1 atom stereocenters. The average Bonchev–Trinajstić information content (AvgIpc) is 2.67. The summed E-state index contributed by atoms with van der Waals surface area (Å²) in [7, 11) is 1.28. The van der Waals surface area contributed by atoms with Crippen molar-refractivity contribution >= 4 is 18.1 Å². The topological polar surface area (TPSA) is 99.0 Å². The first-order valence-electron chi connectivity index (χ1n) is 7.78. The maximum atomic E-state index is 12.4. The number of hydroxylamine groups is 2. The Balaban J connectivity index is 2.14. The number of hydrogen-bond acceptors (Lipinski definition) is 6. The van der Waals surface area contributed by atoms with Gasteiger partial charge in [0.2, 0.25) is 0 Å². The second-order valence-corrected chi connectivity index (χ2v) is 5.32. The summed E-state index contributed by atoms with van der Waals surface area (Å²) in [6.45, 7) is 0.0492. The number of hydrogen-bond donors (Lipinski definition) is 0. The van der Waals surface area contributed by atoms with E-state index in [1.807, 2.05) is 30.3 Å². The molecule has 0 aromatic heterocycles. The lowest BCUT2D eigenvalue weighted by atomic mass is 10.0. The third-order valence-electron chi connectivity index (χ3n) is 3.67. The molecule has 2 aromatic rings. The third-order valence-corrected chi connectivity index (χ3v) is 3.67. The third kappa shape index (κ3) is 4.87. The van der Waals surface area contributed by atoms with Gasteiger partial charge in [-0.05, 0) is 11.1 Å². The van der Waals surface area contributed by atoms with Crippen LogP contribution in [-0.4, -0.2) is 29.5 Å².